The molecule has 0 N–H and O–H groups in total. The fourth-order valence-corrected chi connectivity index (χ4v) is 1.81. The number of hydrogen-bond acceptors (Lipinski definition) is 3. The molecule has 0 aliphatic rings. The van der Waals surface area contributed by atoms with Gasteiger partial charge in [0.2, 0.25) is 0 Å². The minimum atomic E-state index is -0.235. The van der Waals surface area contributed by atoms with Gasteiger partial charge in [0.25, 0.3) is 0 Å². The van der Waals surface area contributed by atoms with Gasteiger partial charge in [-0.25, -0.2) is 4.79 Å². The van der Waals surface area contributed by atoms with E-state index in [2.05, 4.69) is 4.74 Å². The zero-order valence-corrected chi connectivity index (χ0v) is 7.62. The molecular formula is C8H10O2S. The van der Waals surface area contributed by atoms with Crippen molar-refractivity contribution in [3.63, 3.8) is 0 Å². The number of carbonyl (C=O) groups excluding carboxylic acids is 1. The number of thiophene rings is 1. The predicted octanol–water partition coefficient (Wildman–Crippen LogP) is 2.15. The molecule has 3 heteroatoms. The molecule has 60 valence electrons. The molecule has 0 atom stereocenters. The molecule has 1 rings (SSSR count). The lowest BCUT2D eigenvalue weighted by molar-refractivity contribution is 0.0600. The summed E-state index contributed by atoms with van der Waals surface area (Å²) in [5.41, 5.74) is 1.72. The summed E-state index contributed by atoms with van der Waals surface area (Å²) < 4.78 is 4.62. The van der Waals surface area contributed by atoms with Gasteiger partial charge in [-0.3, -0.25) is 0 Å². The second-order valence-corrected chi connectivity index (χ2v) is 3.43. The van der Waals surface area contributed by atoms with Crippen LogP contribution in [-0.4, -0.2) is 13.1 Å². The first-order chi connectivity index (χ1) is 5.16. The van der Waals surface area contributed by atoms with E-state index in [1.807, 2.05) is 19.2 Å². The van der Waals surface area contributed by atoms with Gasteiger partial charge < -0.3 is 4.74 Å². The van der Waals surface area contributed by atoms with Gasteiger partial charge in [-0.2, -0.15) is 0 Å². The molecule has 0 radical (unpaired) electrons. The lowest BCUT2D eigenvalue weighted by atomic mass is 10.2. The number of hydrogen-bond donors (Lipinski definition) is 0. The van der Waals surface area contributed by atoms with Crippen molar-refractivity contribution in [1.82, 2.24) is 0 Å². The minimum Gasteiger partial charge on any atom is -0.465 e. The Morgan fingerprint density at radius 1 is 1.55 bits per heavy atom. The molecule has 0 amide bonds. The summed E-state index contributed by atoms with van der Waals surface area (Å²) in [6, 6.07) is 0. The maximum absolute atomic E-state index is 11.1. The van der Waals surface area contributed by atoms with Gasteiger partial charge in [0.05, 0.1) is 12.7 Å². The highest BCUT2D eigenvalue weighted by Gasteiger charge is 2.13. The smallest absolute Gasteiger partial charge is 0.339 e. The van der Waals surface area contributed by atoms with Crippen LogP contribution >= 0.6 is 11.3 Å². The fourth-order valence-electron chi connectivity index (χ4n) is 0.979. The second-order valence-electron chi connectivity index (χ2n) is 2.34. The highest BCUT2D eigenvalue weighted by Crippen LogP contribution is 2.21. The molecular weight excluding hydrogens is 160 g/mol. The normalized spacial score (nSPS) is 9.73. The summed E-state index contributed by atoms with van der Waals surface area (Å²) in [6.45, 7) is 3.83. The van der Waals surface area contributed by atoms with Crippen molar-refractivity contribution in [2.45, 2.75) is 13.8 Å². The number of methoxy groups -OCH3 is 1. The zero-order chi connectivity index (χ0) is 8.43. The Balaban J connectivity index is 3.10. The van der Waals surface area contributed by atoms with Crippen LogP contribution in [0.15, 0.2) is 5.38 Å². The molecule has 0 aliphatic carbocycles. The SMILES string of the molecule is COC(=O)c1c(C)csc1C. The van der Waals surface area contributed by atoms with E-state index in [0.29, 0.717) is 0 Å². The number of aryl methyl sites for hydroxylation is 2. The lowest BCUT2D eigenvalue weighted by Crippen LogP contribution is -2.02. The lowest BCUT2D eigenvalue weighted by Gasteiger charge is -1.98. The van der Waals surface area contributed by atoms with Crippen LogP contribution in [0.2, 0.25) is 0 Å². The van der Waals surface area contributed by atoms with Crippen molar-refractivity contribution in [3.8, 4) is 0 Å². The molecule has 11 heavy (non-hydrogen) atoms. The van der Waals surface area contributed by atoms with Crippen molar-refractivity contribution >= 4 is 17.3 Å². The molecule has 0 unspecified atom stereocenters. The molecule has 0 bridgehead atoms. The summed E-state index contributed by atoms with van der Waals surface area (Å²) in [6.07, 6.45) is 0. The van der Waals surface area contributed by atoms with E-state index in [1.165, 1.54) is 7.11 Å². The first-order valence-electron chi connectivity index (χ1n) is 3.29. The van der Waals surface area contributed by atoms with Crippen LogP contribution in [0.25, 0.3) is 0 Å². The van der Waals surface area contributed by atoms with Gasteiger partial charge in [0.1, 0.15) is 0 Å². The van der Waals surface area contributed by atoms with Crippen molar-refractivity contribution in [1.29, 1.82) is 0 Å². The van der Waals surface area contributed by atoms with E-state index in [9.17, 15) is 4.79 Å². The fraction of sp³-hybridized carbons (Fsp3) is 0.375. The Morgan fingerprint density at radius 2 is 2.18 bits per heavy atom. The summed E-state index contributed by atoms with van der Waals surface area (Å²) in [7, 11) is 1.40. The van der Waals surface area contributed by atoms with Crippen molar-refractivity contribution < 1.29 is 9.53 Å². The van der Waals surface area contributed by atoms with Crippen molar-refractivity contribution in [2.24, 2.45) is 0 Å². The molecule has 0 fully saturated rings. The summed E-state index contributed by atoms with van der Waals surface area (Å²) >= 11 is 1.57. The first-order valence-corrected chi connectivity index (χ1v) is 4.17. The van der Waals surface area contributed by atoms with Crippen LogP contribution in [0.4, 0.5) is 0 Å². The van der Waals surface area contributed by atoms with E-state index < -0.39 is 0 Å². The number of rotatable bonds is 1. The number of carbonyl (C=O) groups is 1. The largest absolute Gasteiger partial charge is 0.465 e. The van der Waals surface area contributed by atoms with Crippen LogP contribution in [0, 0.1) is 13.8 Å². The maximum atomic E-state index is 11.1. The average Bonchev–Trinajstić information content (AvgIpc) is 2.30. The molecule has 0 spiro atoms. The minimum absolute atomic E-state index is 0.235. The second kappa shape index (κ2) is 3.05. The third-order valence-corrected chi connectivity index (χ3v) is 2.58. The van der Waals surface area contributed by atoms with E-state index in [4.69, 9.17) is 0 Å². The summed E-state index contributed by atoms with van der Waals surface area (Å²) in [5, 5.41) is 1.96. The molecule has 0 aliphatic heterocycles. The number of ether oxygens (including phenoxy) is 1. The van der Waals surface area contributed by atoms with Gasteiger partial charge >= 0.3 is 5.97 Å². The third kappa shape index (κ3) is 1.43. The molecule has 1 aromatic heterocycles. The highest BCUT2D eigenvalue weighted by molar-refractivity contribution is 7.10. The summed E-state index contributed by atoms with van der Waals surface area (Å²) in [5.74, 6) is -0.235. The van der Waals surface area contributed by atoms with Gasteiger partial charge in [-0.1, -0.05) is 0 Å². The van der Waals surface area contributed by atoms with Crippen LogP contribution in [0.5, 0.6) is 0 Å². The zero-order valence-electron chi connectivity index (χ0n) is 6.80. The van der Waals surface area contributed by atoms with E-state index in [1.54, 1.807) is 11.3 Å². The Kier molecular flexibility index (Phi) is 2.29. The molecule has 2 nitrogen and oxygen atoms in total. The van der Waals surface area contributed by atoms with Gasteiger partial charge in [0, 0.05) is 4.88 Å². The van der Waals surface area contributed by atoms with Gasteiger partial charge in [-0.15, -0.1) is 11.3 Å². The van der Waals surface area contributed by atoms with Crippen LogP contribution in [0.3, 0.4) is 0 Å². The van der Waals surface area contributed by atoms with Crippen LogP contribution in [0.1, 0.15) is 20.8 Å². The first kappa shape index (κ1) is 8.27. The van der Waals surface area contributed by atoms with Gasteiger partial charge in [0.15, 0.2) is 0 Å². The van der Waals surface area contributed by atoms with Crippen LogP contribution in [-0.2, 0) is 4.74 Å². The van der Waals surface area contributed by atoms with E-state index >= 15 is 0 Å². The topological polar surface area (TPSA) is 26.3 Å². The van der Waals surface area contributed by atoms with E-state index in [-0.39, 0.29) is 5.97 Å². The number of esters is 1. The molecule has 1 aromatic rings. The Hall–Kier alpha value is -0.830. The van der Waals surface area contributed by atoms with Gasteiger partial charge in [-0.05, 0) is 24.8 Å². The summed E-state index contributed by atoms with van der Waals surface area (Å²) in [4.78, 5) is 12.1. The Morgan fingerprint density at radius 3 is 2.55 bits per heavy atom. The maximum Gasteiger partial charge on any atom is 0.339 e. The van der Waals surface area contributed by atoms with Crippen molar-refractivity contribution in [2.75, 3.05) is 7.11 Å². The standard InChI is InChI=1S/C8H10O2S/c1-5-4-11-6(2)7(5)8(9)10-3/h4H,1-3H3. The molecule has 0 aromatic carbocycles. The van der Waals surface area contributed by atoms with Crippen molar-refractivity contribution in [3.05, 3.63) is 21.4 Å². The van der Waals surface area contributed by atoms with E-state index in [0.717, 1.165) is 16.0 Å². The average molecular weight is 170 g/mol. The quantitative estimate of drug-likeness (QED) is 0.604. The Labute approximate surface area is 69.8 Å². The molecule has 0 saturated heterocycles. The molecule has 1 heterocycles. The highest BCUT2D eigenvalue weighted by atomic mass is 32.1. The third-order valence-electron chi connectivity index (χ3n) is 1.55. The monoisotopic (exact) mass is 170 g/mol. The Bertz CT molecular complexity index is 256. The van der Waals surface area contributed by atoms with Crippen LogP contribution < -0.4 is 0 Å². The molecule has 0 saturated carbocycles. The predicted molar refractivity (Wildman–Crippen MR) is 45.1 cm³/mol.